The highest BCUT2D eigenvalue weighted by molar-refractivity contribution is 5.36. The first-order valence-corrected chi connectivity index (χ1v) is 5.69. The monoisotopic (exact) mass is 203 g/mol. The number of anilines is 1. The molecule has 2 atom stereocenters. The van der Waals surface area contributed by atoms with Crippen molar-refractivity contribution in [3.05, 3.63) is 24.4 Å². The molecule has 0 spiro atoms. The minimum Gasteiger partial charge on any atom is -0.367 e. The molecule has 2 bridgehead atoms. The zero-order valence-electron chi connectivity index (χ0n) is 9.06. The van der Waals surface area contributed by atoms with Crippen molar-refractivity contribution in [2.75, 3.05) is 25.5 Å². The van der Waals surface area contributed by atoms with Crippen LogP contribution in [0.15, 0.2) is 24.4 Å². The maximum Gasteiger partial charge on any atom is 0.126 e. The summed E-state index contributed by atoms with van der Waals surface area (Å²) in [5, 5.41) is 3.56. The lowest BCUT2D eigenvalue weighted by molar-refractivity contribution is 0.0268. The Morgan fingerprint density at radius 3 is 2.80 bits per heavy atom. The third-order valence-electron chi connectivity index (χ3n) is 3.69. The summed E-state index contributed by atoms with van der Waals surface area (Å²) >= 11 is 0. The van der Waals surface area contributed by atoms with Crippen LogP contribution in [-0.2, 0) is 0 Å². The Kier molecular flexibility index (Phi) is 2.13. The maximum absolute atomic E-state index is 4.32. The van der Waals surface area contributed by atoms with Gasteiger partial charge in [0.05, 0.1) is 0 Å². The van der Waals surface area contributed by atoms with Crippen LogP contribution in [0.5, 0.6) is 0 Å². The summed E-state index contributed by atoms with van der Waals surface area (Å²) < 4.78 is 0. The summed E-state index contributed by atoms with van der Waals surface area (Å²) in [6.45, 7) is 2.47. The van der Waals surface area contributed by atoms with Crippen molar-refractivity contribution >= 4 is 5.82 Å². The fourth-order valence-corrected chi connectivity index (χ4v) is 2.98. The molecule has 0 amide bonds. The molecule has 80 valence electrons. The van der Waals surface area contributed by atoms with E-state index in [-0.39, 0.29) is 0 Å². The van der Waals surface area contributed by atoms with Gasteiger partial charge in [-0.3, -0.25) is 0 Å². The first kappa shape index (κ1) is 9.16. The molecule has 3 fully saturated rings. The van der Waals surface area contributed by atoms with Crippen LogP contribution in [-0.4, -0.2) is 36.1 Å². The predicted molar refractivity (Wildman–Crippen MR) is 60.7 cm³/mol. The summed E-state index contributed by atoms with van der Waals surface area (Å²) in [5.74, 6) is 2.69. The van der Waals surface area contributed by atoms with Gasteiger partial charge >= 0.3 is 0 Å². The molecule has 4 rings (SSSR count). The Bertz CT molecular complexity index is 326. The molecule has 1 N–H and O–H groups in total. The summed E-state index contributed by atoms with van der Waals surface area (Å²) in [6.07, 6.45) is 3.25. The van der Waals surface area contributed by atoms with Crippen LogP contribution in [0, 0.1) is 11.8 Å². The van der Waals surface area contributed by atoms with Crippen LogP contribution in [0.1, 0.15) is 6.42 Å². The van der Waals surface area contributed by atoms with E-state index in [9.17, 15) is 0 Å². The Labute approximate surface area is 90.5 Å². The molecule has 1 saturated carbocycles. The fraction of sp³-hybridized carbons (Fsp3) is 0.583. The lowest BCUT2D eigenvalue weighted by atomic mass is 9.66. The molecule has 3 heterocycles. The quantitative estimate of drug-likeness (QED) is 0.788. The van der Waals surface area contributed by atoms with E-state index in [1.54, 1.807) is 0 Å². The Morgan fingerprint density at radius 2 is 2.13 bits per heavy atom. The maximum atomic E-state index is 4.32. The molecular formula is C12H17N3. The standard InChI is InChI=1S/C12H17N3/c1-15-7-9-6-10(8-15)12(9)14-11-4-2-3-5-13-11/h2-5,9-10,12H,6-8H2,1H3,(H,13,14). The van der Waals surface area contributed by atoms with Crippen LogP contribution in [0.3, 0.4) is 0 Å². The second-order valence-corrected chi connectivity index (χ2v) is 4.86. The first-order valence-electron chi connectivity index (χ1n) is 5.69. The molecule has 3 nitrogen and oxygen atoms in total. The van der Waals surface area contributed by atoms with Crippen LogP contribution < -0.4 is 5.32 Å². The highest BCUT2D eigenvalue weighted by Gasteiger charge is 2.45. The largest absolute Gasteiger partial charge is 0.367 e. The van der Waals surface area contributed by atoms with Gasteiger partial charge in [-0.2, -0.15) is 0 Å². The SMILES string of the molecule is CN1CC2CC(C1)C2Nc1ccccn1. The van der Waals surface area contributed by atoms with Gasteiger partial charge in [0.25, 0.3) is 0 Å². The number of nitrogens with zero attached hydrogens (tertiary/aromatic N) is 2. The van der Waals surface area contributed by atoms with Crippen LogP contribution >= 0.6 is 0 Å². The van der Waals surface area contributed by atoms with E-state index in [1.165, 1.54) is 19.5 Å². The second kappa shape index (κ2) is 3.49. The minimum atomic E-state index is 0.663. The first-order chi connectivity index (χ1) is 7.33. The molecule has 2 saturated heterocycles. The molecule has 1 aromatic rings. The van der Waals surface area contributed by atoms with Crippen LogP contribution in [0.2, 0.25) is 0 Å². The Balaban J connectivity index is 1.66. The number of hydrogen-bond donors (Lipinski definition) is 1. The zero-order valence-corrected chi connectivity index (χ0v) is 9.06. The van der Waals surface area contributed by atoms with Gasteiger partial charge in [-0.05, 0) is 37.4 Å². The van der Waals surface area contributed by atoms with Crippen LogP contribution in [0.25, 0.3) is 0 Å². The number of rotatable bonds is 2. The lowest BCUT2D eigenvalue weighted by Crippen LogP contribution is -2.60. The normalized spacial score (nSPS) is 34.6. The van der Waals surface area contributed by atoms with E-state index in [0.717, 1.165) is 17.7 Å². The topological polar surface area (TPSA) is 28.2 Å². The van der Waals surface area contributed by atoms with Crippen molar-refractivity contribution in [1.82, 2.24) is 9.88 Å². The molecule has 3 aliphatic rings. The van der Waals surface area contributed by atoms with E-state index in [1.807, 2.05) is 18.3 Å². The van der Waals surface area contributed by atoms with Gasteiger partial charge in [0.15, 0.2) is 0 Å². The molecule has 15 heavy (non-hydrogen) atoms. The number of nitrogens with one attached hydrogen (secondary N) is 1. The van der Waals surface area contributed by atoms with Crippen molar-refractivity contribution in [2.24, 2.45) is 11.8 Å². The minimum absolute atomic E-state index is 0.663. The molecular weight excluding hydrogens is 186 g/mol. The van der Waals surface area contributed by atoms with Crippen molar-refractivity contribution in [1.29, 1.82) is 0 Å². The summed E-state index contributed by atoms with van der Waals surface area (Å²) in [6, 6.07) is 6.71. The van der Waals surface area contributed by atoms with E-state index in [4.69, 9.17) is 0 Å². The van der Waals surface area contributed by atoms with Crippen molar-refractivity contribution in [2.45, 2.75) is 12.5 Å². The number of aromatic nitrogens is 1. The lowest BCUT2D eigenvalue weighted by Gasteiger charge is -2.53. The average Bonchev–Trinajstić information content (AvgIpc) is 2.27. The van der Waals surface area contributed by atoms with Crippen LogP contribution in [0.4, 0.5) is 5.82 Å². The zero-order chi connectivity index (χ0) is 10.3. The number of hydrogen-bond acceptors (Lipinski definition) is 3. The third kappa shape index (κ3) is 1.61. The second-order valence-electron chi connectivity index (χ2n) is 4.86. The Morgan fingerprint density at radius 1 is 1.33 bits per heavy atom. The number of pyridine rings is 1. The van der Waals surface area contributed by atoms with Gasteiger partial charge in [0.2, 0.25) is 0 Å². The molecule has 2 unspecified atom stereocenters. The average molecular weight is 203 g/mol. The number of piperidine rings is 2. The molecule has 1 aromatic heterocycles. The van der Waals surface area contributed by atoms with E-state index >= 15 is 0 Å². The predicted octanol–water partition coefficient (Wildman–Crippen LogP) is 1.44. The van der Waals surface area contributed by atoms with Crippen molar-refractivity contribution in [3.8, 4) is 0 Å². The van der Waals surface area contributed by atoms with E-state index in [2.05, 4.69) is 28.3 Å². The van der Waals surface area contributed by atoms with Crippen molar-refractivity contribution < 1.29 is 0 Å². The van der Waals surface area contributed by atoms with Gasteiger partial charge < -0.3 is 10.2 Å². The van der Waals surface area contributed by atoms with Crippen molar-refractivity contribution in [3.63, 3.8) is 0 Å². The summed E-state index contributed by atoms with van der Waals surface area (Å²) in [7, 11) is 2.22. The fourth-order valence-electron chi connectivity index (χ4n) is 2.98. The smallest absolute Gasteiger partial charge is 0.126 e. The van der Waals surface area contributed by atoms with Gasteiger partial charge in [-0.1, -0.05) is 6.07 Å². The summed E-state index contributed by atoms with van der Waals surface area (Å²) in [5.41, 5.74) is 0. The van der Waals surface area contributed by atoms with Gasteiger partial charge in [-0.15, -0.1) is 0 Å². The molecule has 0 radical (unpaired) electrons. The summed E-state index contributed by atoms with van der Waals surface area (Å²) in [4.78, 5) is 6.76. The number of fused-ring (bicyclic) bond motifs is 2. The Hall–Kier alpha value is -1.09. The molecule has 1 aliphatic carbocycles. The highest BCUT2D eigenvalue weighted by Crippen LogP contribution is 2.40. The third-order valence-corrected chi connectivity index (χ3v) is 3.69. The molecule has 3 heteroatoms. The van der Waals surface area contributed by atoms with E-state index < -0.39 is 0 Å². The van der Waals surface area contributed by atoms with Gasteiger partial charge in [-0.25, -0.2) is 4.98 Å². The van der Waals surface area contributed by atoms with Gasteiger partial charge in [0, 0.05) is 25.3 Å². The molecule has 0 aromatic carbocycles. The molecule has 2 aliphatic heterocycles. The highest BCUT2D eigenvalue weighted by atomic mass is 15.2. The van der Waals surface area contributed by atoms with Gasteiger partial charge in [0.1, 0.15) is 5.82 Å². The van der Waals surface area contributed by atoms with E-state index in [0.29, 0.717) is 6.04 Å².